The second-order valence-corrected chi connectivity index (χ2v) is 4.67. The van der Waals surface area contributed by atoms with E-state index < -0.39 is 0 Å². The van der Waals surface area contributed by atoms with Crippen molar-refractivity contribution in [2.75, 3.05) is 0 Å². The van der Waals surface area contributed by atoms with E-state index in [9.17, 15) is 0 Å². The van der Waals surface area contributed by atoms with Gasteiger partial charge in [0.1, 0.15) is 0 Å². The van der Waals surface area contributed by atoms with E-state index in [0.717, 1.165) is 3.93 Å². The summed E-state index contributed by atoms with van der Waals surface area (Å²) in [5.41, 5.74) is 0. The normalized spacial score (nSPS) is 22.1. The van der Waals surface area contributed by atoms with Crippen molar-refractivity contribution >= 4 is 22.5 Å². The predicted octanol–water partition coefficient (Wildman–Crippen LogP) is 1.08. The van der Waals surface area contributed by atoms with Crippen LogP contribution in [-0.2, 0) is 0 Å². The first kappa shape index (κ1) is 8.76. The van der Waals surface area contributed by atoms with Gasteiger partial charge in [0.25, 0.3) is 0 Å². The Bertz CT molecular complexity index is 50.5. The summed E-state index contributed by atoms with van der Waals surface area (Å²) in [6.07, 6.45) is 7.58. The van der Waals surface area contributed by atoms with E-state index in [1.807, 2.05) is 0 Å². The molecule has 0 amide bonds. The van der Waals surface area contributed by atoms with E-state index in [1.54, 1.807) is 22.5 Å². The Balaban J connectivity index is 0.000000490. The quantitative estimate of drug-likeness (QED) is 0.547. The molecule has 3 radical (unpaired) electrons. The molecule has 1 saturated carbocycles. The molecule has 1 aliphatic rings. The van der Waals surface area contributed by atoms with Gasteiger partial charge in [-0.15, -0.1) is 0 Å². The molecule has 0 heterocycles. The Kier molecular flexibility index (Phi) is 5.06. The van der Waals surface area contributed by atoms with Gasteiger partial charge in [-0.3, -0.25) is 0 Å². The summed E-state index contributed by atoms with van der Waals surface area (Å²) in [6, 6.07) is 0. The molecule has 1 aliphatic carbocycles. The van der Waals surface area contributed by atoms with Crippen LogP contribution in [0.15, 0.2) is 0 Å². The zero-order chi connectivity index (χ0) is 5.11. The Morgan fingerprint density at radius 2 is 1.50 bits per heavy atom. The fraction of sp³-hybridized carbons (Fsp3) is 1.00. The fourth-order valence-corrected chi connectivity index (χ4v) is 2.27. The molecule has 2 N–H and O–H groups in total. The molecule has 1 nitrogen and oxygen atoms in total. The van der Waals surface area contributed by atoms with Crippen LogP contribution in [0.1, 0.15) is 32.1 Å². The first-order valence-electron chi connectivity index (χ1n) is 3.11. The van der Waals surface area contributed by atoms with E-state index >= 15 is 0 Å². The monoisotopic (exact) mass is 221 g/mol. The molecule has 8 heavy (non-hydrogen) atoms. The minimum atomic E-state index is 0. The molecule has 47 valence electrons. The summed E-state index contributed by atoms with van der Waals surface area (Å²) in [5, 5.41) is 0. The molecule has 0 saturated heterocycles. The van der Waals surface area contributed by atoms with Crippen molar-refractivity contribution in [3.05, 3.63) is 0 Å². The molecule has 0 aromatic carbocycles. The van der Waals surface area contributed by atoms with E-state index in [-0.39, 0.29) is 5.48 Å². The third-order valence-electron chi connectivity index (χ3n) is 1.61. The molecule has 0 aliphatic heterocycles. The zero-order valence-corrected chi connectivity index (χ0v) is 7.97. The third-order valence-corrected chi connectivity index (χ3v) is 3.25. The Labute approximate surface area is 64.2 Å². The van der Waals surface area contributed by atoms with Crippen LogP contribution in [0.4, 0.5) is 0 Å². The maximum absolute atomic E-state index is 1.77. The van der Waals surface area contributed by atoms with E-state index in [0.29, 0.717) is 0 Å². The Hall–Kier alpha value is 0.759. The minimum absolute atomic E-state index is 0. The summed E-state index contributed by atoms with van der Waals surface area (Å²) >= 11 is 1.77. The molecule has 0 aromatic rings. The van der Waals surface area contributed by atoms with Gasteiger partial charge in [0.15, 0.2) is 0 Å². The van der Waals surface area contributed by atoms with Gasteiger partial charge in [-0.25, -0.2) is 0 Å². The van der Waals surface area contributed by atoms with Gasteiger partial charge in [0.2, 0.25) is 0 Å². The van der Waals surface area contributed by atoms with Crippen molar-refractivity contribution in [2.24, 2.45) is 0 Å². The van der Waals surface area contributed by atoms with Crippen LogP contribution in [0.3, 0.4) is 0 Å². The predicted molar refractivity (Wildman–Crippen MR) is 36.2 cm³/mol. The van der Waals surface area contributed by atoms with Crippen LogP contribution in [0.5, 0.6) is 0 Å². The van der Waals surface area contributed by atoms with Crippen LogP contribution >= 0.6 is 0 Å². The molecule has 1 fully saturated rings. The van der Waals surface area contributed by atoms with Crippen molar-refractivity contribution in [2.45, 2.75) is 36.0 Å². The van der Waals surface area contributed by atoms with Crippen LogP contribution < -0.4 is 0 Å². The van der Waals surface area contributed by atoms with Crippen molar-refractivity contribution in [1.82, 2.24) is 0 Å². The summed E-state index contributed by atoms with van der Waals surface area (Å²) in [6.45, 7) is 0. The average Bonchev–Trinajstić information content (AvgIpc) is 1.69. The van der Waals surface area contributed by atoms with Crippen LogP contribution in [0.2, 0.25) is 3.93 Å². The molecule has 0 bridgehead atoms. The average molecular weight is 220 g/mol. The van der Waals surface area contributed by atoms with Crippen LogP contribution in [0.25, 0.3) is 0 Å². The molecule has 0 spiro atoms. The summed E-state index contributed by atoms with van der Waals surface area (Å²) in [4.78, 5) is 0. The van der Waals surface area contributed by atoms with Gasteiger partial charge < -0.3 is 5.48 Å². The third kappa shape index (κ3) is 2.92. The van der Waals surface area contributed by atoms with Crippen LogP contribution in [0, 0.1) is 0 Å². The maximum atomic E-state index is 1.77. The first-order valence-corrected chi connectivity index (χ1v) is 4.75. The van der Waals surface area contributed by atoms with Crippen molar-refractivity contribution in [3.8, 4) is 0 Å². The molecule has 0 aromatic heterocycles. The molecule has 0 atom stereocenters. The summed E-state index contributed by atoms with van der Waals surface area (Å²) in [5.74, 6) is 0. The number of hydrogen-bond acceptors (Lipinski definition) is 0. The second-order valence-electron chi connectivity index (χ2n) is 2.33. The van der Waals surface area contributed by atoms with Crippen molar-refractivity contribution in [3.63, 3.8) is 0 Å². The summed E-state index contributed by atoms with van der Waals surface area (Å²) in [7, 11) is 0. The van der Waals surface area contributed by atoms with Gasteiger partial charge in [-0.2, -0.15) is 0 Å². The second kappa shape index (κ2) is 4.62. The topological polar surface area (TPSA) is 31.5 Å². The molecule has 1 rings (SSSR count). The van der Waals surface area contributed by atoms with Gasteiger partial charge in [0, 0.05) is 0 Å². The van der Waals surface area contributed by atoms with E-state index in [4.69, 9.17) is 0 Å². The van der Waals surface area contributed by atoms with Gasteiger partial charge >= 0.3 is 58.6 Å². The summed E-state index contributed by atoms with van der Waals surface area (Å²) < 4.78 is 1.13. The molecular formula is C6H13OSn. The van der Waals surface area contributed by atoms with Gasteiger partial charge in [-0.05, 0) is 0 Å². The van der Waals surface area contributed by atoms with Gasteiger partial charge in [0.05, 0.1) is 0 Å². The molecule has 0 unspecified atom stereocenters. The molecule has 2 heteroatoms. The van der Waals surface area contributed by atoms with Crippen molar-refractivity contribution < 1.29 is 5.48 Å². The molecular weight excluding hydrogens is 207 g/mol. The first-order chi connectivity index (χ1) is 3.39. The van der Waals surface area contributed by atoms with Gasteiger partial charge in [-0.1, -0.05) is 0 Å². The number of hydrogen-bond donors (Lipinski definition) is 0. The Morgan fingerprint density at radius 1 is 1.00 bits per heavy atom. The van der Waals surface area contributed by atoms with Crippen molar-refractivity contribution in [1.29, 1.82) is 0 Å². The SMILES string of the molecule is O.[Sn][CH]1CCCCC1. The van der Waals surface area contributed by atoms with E-state index in [2.05, 4.69) is 0 Å². The number of rotatable bonds is 0. The Morgan fingerprint density at radius 3 is 1.75 bits per heavy atom. The fourth-order valence-electron chi connectivity index (χ4n) is 1.10. The van der Waals surface area contributed by atoms with E-state index in [1.165, 1.54) is 32.1 Å². The zero-order valence-electron chi connectivity index (χ0n) is 5.11. The standard InChI is InChI=1S/C6H11.H2O.Sn/c1-2-4-6-5-3-1;;/h1H,2-6H2;1H2;. The van der Waals surface area contributed by atoms with Crippen LogP contribution in [-0.4, -0.2) is 28.0 Å².